The maximum Gasteiger partial charge on any atom is 0.387 e. The van der Waals surface area contributed by atoms with Crippen molar-refractivity contribution in [3.05, 3.63) is 59.1 Å². The highest BCUT2D eigenvalue weighted by molar-refractivity contribution is 8.14. The highest BCUT2D eigenvalue weighted by Gasteiger charge is 2.28. The van der Waals surface area contributed by atoms with Gasteiger partial charge in [-0.1, -0.05) is 29.4 Å². The fourth-order valence-electron chi connectivity index (χ4n) is 2.42. The van der Waals surface area contributed by atoms with E-state index < -0.39 is 6.61 Å². The molecule has 8 heteroatoms. The number of alkyl halides is 2. The third-order valence-corrected chi connectivity index (χ3v) is 5.02. The van der Waals surface area contributed by atoms with Crippen LogP contribution in [0, 0.1) is 0 Å². The van der Waals surface area contributed by atoms with Crippen LogP contribution in [0.2, 0.25) is 5.02 Å². The van der Waals surface area contributed by atoms with Crippen molar-refractivity contribution in [1.29, 1.82) is 0 Å². The summed E-state index contributed by atoms with van der Waals surface area (Å²) in [6.07, 6.45) is 0. The minimum atomic E-state index is -2.96. The van der Waals surface area contributed by atoms with Gasteiger partial charge in [-0.3, -0.25) is 14.7 Å². The molecule has 0 fully saturated rings. The molecule has 0 unspecified atom stereocenters. The van der Waals surface area contributed by atoms with Gasteiger partial charge in [0.15, 0.2) is 5.17 Å². The summed E-state index contributed by atoms with van der Waals surface area (Å²) in [4.78, 5) is 19.1. The van der Waals surface area contributed by atoms with Crippen molar-refractivity contribution in [1.82, 2.24) is 0 Å². The molecule has 1 aliphatic heterocycles. The van der Waals surface area contributed by atoms with Crippen molar-refractivity contribution in [3.8, 4) is 5.75 Å². The second-order valence-electron chi connectivity index (χ2n) is 5.60. The molecule has 4 nitrogen and oxygen atoms in total. The Labute approximate surface area is 158 Å². The second kappa shape index (κ2) is 8.05. The minimum absolute atomic E-state index is 0.0729. The summed E-state index contributed by atoms with van der Waals surface area (Å²) in [5, 5.41) is 1.10. The van der Waals surface area contributed by atoms with Crippen molar-refractivity contribution >= 4 is 40.1 Å². The summed E-state index contributed by atoms with van der Waals surface area (Å²) < 4.78 is 29.3. The number of amides is 1. The van der Waals surface area contributed by atoms with Gasteiger partial charge in [0, 0.05) is 16.3 Å². The highest BCUT2D eigenvalue weighted by atomic mass is 35.5. The molecular weight excluding hydrogens is 382 g/mol. The van der Waals surface area contributed by atoms with E-state index in [2.05, 4.69) is 9.73 Å². The summed E-state index contributed by atoms with van der Waals surface area (Å²) in [6, 6.07) is 12.6. The van der Waals surface area contributed by atoms with E-state index in [1.54, 1.807) is 30.3 Å². The molecule has 1 amide bonds. The number of anilines is 1. The standard InChI is InChI=1S/C18H15ClF2N2O2S/c1-11-10-26-18(22-11)23(14-7-5-13(19)6-8-14)16(24)12-3-2-4-15(9-12)25-17(20)21/h2-9,11,17H,10H2,1H3/t11-/m0/s1. The molecular formula is C18H15ClF2N2O2S. The van der Waals surface area contributed by atoms with Crippen molar-refractivity contribution in [2.45, 2.75) is 19.6 Å². The lowest BCUT2D eigenvalue weighted by Crippen LogP contribution is -2.34. The molecule has 0 saturated carbocycles. The van der Waals surface area contributed by atoms with Gasteiger partial charge in [0.25, 0.3) is 5.91 Å². The first-order valence-electron chi connectivity index (χ1n) is 7.79. The van der Waals surface area contributed by atoms with Crippen LogP contribution in [0.4, 0.5) is 14.5 Å². The van der Waals surface area contributed by atoms with Crippen LogP contribution in [0.3, 0.4) is 0 Å². The largest absolute Gasteiger partial charge is 0.435 e. The SMILES string of the molecule is C[C@H]1CSC(N(C(=O)c2cccc(OC(F)F)c2)c2ccc(Cl)cc2)=N1. The molecule has 0 aromatic heterocycles. The molecule has 0 saturated heterocycles. The first-order valence-corrected chi connectivity index (χ1v) is 9.16. The van der Waals surface area contributed by atoms with Crippen LogP contribution in [-0.4, -0.2) is 29.5 Å². The number of halogens is 3. The molecule has 0 N–H and O–H groups in total. The number of ether oxygens (including phenoxy) is 1. The van der Waals surface area contributed by atoms with E-state index in [1.165, 1.54) is 34.9 Å². The lowest BCUT2D eigenvalue weighted by Gasteiger charge is -2.22. The van der Waals surface area contributed by atoms with Gasteiger partial charge in [-0.2, -0.15) is 8.78 Å². The summed E-state index contributed by atoms with van der Waals surface area (Å²) in [7, 11) is 0. The average molecular weight is 397 g/mol. The number of nitrogens with zero attached hydrogens (tertiary/aromatic N) is 2. The Balaban J connectivity index is 1.97. The molecule has 26 heavy (non-hydrogen) atoms. The second-order valence-corrected chi connectivity index (χ2v) is 7.02. The topological polar surface area (TPSA) is 41.9 Å². The van der Waals surface area contributed by atoms with Gasteiger partial charge < -0.3 is 4.74 Å². The lowest BCUT2D eigenvalue weighted by atomic mass is 10.1. The monoisotopic (exact) mass is 396 g/mol. The number of rotatable bonds is 4. The Hall–Kier alpha value is -2.12. The summed E-state index contributed by atoms with van der Waals surface area (Å²) >= 11 is 7.40. The van der Waals surface area contributed by atoms with E-state index >= 15 is 0 Å². The van der Waals surface area contributed by atoms with E-state index in [9.17, 15) is 13.6 Å². The van der Waals surface area contributed by atoms with Crippen LogP contribution < -0.4 is 9.64 Å². The molecule has 0 spiro atoms. The van der Waals surface area contributed by atoms with Crippen molar-refractivity contribution in [2.75, 3.05) is 10.7 Å². The quantitative estimate of drug-likeness (QED) is 0.723. The van der Waals surface area contributed by atoms with E-state index in [4.69, 9.17) is 11.6 Å². The number of carbonyl (C=O) groups is 1. The summed E-state index contributed by atoms with van der Waals surface area (Å²) in [5.41, 5.74) is 0.820. The number of hydrogen-bond donors (Lipinski definition) is 0. The fraction of sp³-hybridized carbons (Fsp3) is 0.222. The van der Waals surface area contributed by atoms with Crippen molar-refractivity contribution in [2.24, 2.45) is 4.99 Å². The van der Waals surface area contributed by atoms with Crippen molar-refractivity contribution in [3.63, 3.8) is 0 Å². The first-order chi connectivity index (χ1) is 12.4. The normalized spacial score (nSPS) is 16.5. The Morgan fingerprint density at radius 1 is 1.31 bits per heavy atom. The number of amidine groups is 1. The van der Waals surface area contributed by atoms with Gasteiger partial charge in [0.1, 0.15) is 5.75 Å². The van der Waals surface area contributed by atoms with E-state index in [-0.39, 0.29) is 23.3 Å². The molecule has 2 aromatic rings. The number of aliphatic imine (C=N–C) groups is 1. The van der Waals surface area contributed by atoms with Crippen LogP contribution in [0.5, 0.6) is 5.75 Å². The van der Waals surface area contributed by atoms with Gasteiger partial charge in [-0.15, -0.1) is 0 Å². The molecule has 2 aromatic carbocycles. The maximum absolute atomic E-state index is 13.1. The van der Waals surface area contributed by atoms with Gasteiger partial charge >= 0.3 is 6.61 Å². The van der Waals surface area contributed by atoms with Gasteiger partial charge in [-0.05, 0) is 49.4 Å². The van der Waals surface area contributed by atoms with Crippen molar-refractivity contribution < 1.29 is 18.3 Å². The van der Waals surface area contributed by atoms with Gasteiger partial charge in [-0.25, -0.2) is 0 Å². The Morgan fingerprint density at radius 3 is 2.65 bits per heavy atom. The van der Waals surface area contributed by atoms with Crippen LogP contribution in [0.25, 0.3) is 0 Å². The maximum atomic E-state index is 13.1. The third kappa shape index (κ3) is 4.34. The number of carbonyl (C=O) groups excluding carboxylic acids is 1. The Morgan fingerprint density at radius 2 is 2.04 bits per heavy atom. The van der Waals surface area contributed by atoms with Crippen LogP contribution in [-0.2, 0) is 0 Å². The minimum Gasteiger partial charge on any atom is -0.435 e. The van der Waals surface area contributed by atoms with Crippen LogP contribution in [0.1, 0.15) is 17.3 Å². The molecule has 0 aliphatic carbocycles. The van der Waals surface area contributed by atoms with E-state index in [0.717, 1.165) is 5.75 Å². The number of benzene rings is 2. The zero-order valence-corrected chi connectivity index (χ0v) is 15.3. The average Bonchev–Trinajstić information content (AvgIpc) is 3.02. The number of hydrogen-bond acceptors (Lipinski definition) is 4. The fourth-order valence-corrected chi connectivity index (χ4v) is 3.58. The third-order valence-electron chi connectivity index (χ3n) is 3.57. The van der Waals surface area contributed by atoms with Gasteiger partial charge in [0.05, 0.1) is 11.7 Å². The Bertz CT molecular complexity index is 830. The predicted molar refractivity (Wildman–Crippen MR) is 101 cm³/mol. The van der Waals surface area contributed by atoms with Crippen LogP contribution >= 0.6 is 23.4 Å². The molecule has 1 aliphatic rings. The van der Waals surface area contributed by atoms with E-state index in [1.807, 2.05) is 6.92 Å². The highest BCUT2D eigenvalue weighted by Crippen LogP contribution is 2.29. The smallest absolute Gasteiger partial charge is 0.387 e. The summed E-state index contributed by atoms with van der Waals surface area (Å²) in [6.45, 7) is -0.995. The van der Waals surface area contributed by atoms with Gasteiger partial charge in [0.2, 0.25) is 0 Å². The van der Waals surface area contributed by atoms with E-state index in [0.29, 0.717) is 15.9 Å². The molecule has 136 valence electrons. The molecule has 1 heterocycles. The summed E-state index contributed by atoms with van der Waals surface area (Å²) in [5.74, 6) is 0.310. The van der Waals surface area contributed by atoms with Crippen LogP contribution in [0.15, 0.2) is 53.5 Å². The molecule has 0 radical (unpaired) electrons. The lowest BCUT2D eigenvalue weighted by molar-refractivity contribution is -0.0498. The number of thioether (sulfide) groups is 1. The molecule has 0 bridgehead atoms. The zero-order chi connectivity index (χ0) is 18.7. The first kappa shape index (κ1) is 18.7. The zero-order valence-electron chi connectivity index (χ0n) is 13.7. The molecule has 3 rings (SSSR count). The predicted octanol–water partition coefficient (Wildman–Crippen LogP) is 5.08. The molecule has 1 atom stereocenters. The Kier molecular flexibility index (Phi) is 5.78.